The molecule has 2 heterocycles. The molecule has 1 amide bonds. The summed E-state index contributed by atoms with van der Waals surface area (Å²) >= 11 is 0. The highest BCUT2D eigenvalue weighted by molar-refractivity contribution is 7.91. The van der Waals surface area contributed by atoms with Gasteiger partial charge in [-0.05, 0) is 25.8 Å². The van der Waals surface area contributed by atoms with Gasteiger partial charge in [0.25, 0.3) is 5.91 Å². The van der Waals surface area contributed by atoms with E-state index >= 15 is 0 Å². The van der Waals surface area contributed by atoms with Gasteiger partial charge in [0.1, 0.15) is 5.56 Å². The Morgan fingerprint density at radius 3 is 2.61 bits per heavy atom. The number of nitrogens with zero attached hydrogens (tertiary/aromatic N) is 2. The molecule has 0 aliphatic carbocycles. The number of benzene rings is 1. The predicted molar refractivity (Wildman–Crippen MR) is 103 cm³/mol. The van der Waals surface area contributed by atoms with Crippen molar-refractivity contribution in [1.29, 1.82) is 0 Å². The minimum absolute atomic E-state index is 0.0662. The van der Waals surface area contributed by atoms with Crippen LogP contribution in [0.15, 0.2) is 30.3 Å². The SMILES string of the molecule is Cc1nn(Cc2ccccc2)c(C)c1C(=O)OCC(=O)NC1CCS(=O)(=O)C1. The number of aryl methyl sites for hydroxylation is 1. The highest BCUT2D eigenvalue weighted by Crippen LogP contribution is 2.16. The Morgan fingerprint density at radius 2 is 1.96 bits per heavy atom. The number of ether oxygens (including phenoxy) is 1. The number of aromatic nitrogens is 2. The summed E-state index contributed by atoms with van der Waals surface area (Å²) in [5.41, 5.74) is 2.58. The van der Waals surface area contributed by atoms with E-state index in [0.717, 1.165) is 5.56 Å². The summed E-state index contributed by atoms with van der Waals surface area (Å²) in [5.74, 6) is -1.14. The fraction of sp³-hybridized carbons (Fsp3) is 0.421. The van der Waals surface area contributed by atoms with Gasteiger partial charge >= 0.3 is 5.97 Å². The Balaban J connectivity index is 1.59. The van der Waals surface area contributed by atoms with Gasteiger partial charge in [-0.15, -0.1) is 0 Å². The molecule has 150 valence electrons. The first kappa shape index (κ1) is 20.1. The van der Waals surface area contributed by atoms with Crippen LogP contribution in [-0.4, -0.2) is 54.2 Å². The van der Waals surface area contributed by atoms with Gasteiger partial charge in [-0.25, -0.2) is 13.2 Å². The highest BCUT2D eigenvalue weighted by Gasteiger charge is 2.29. The van der Waals surface area contributed by atoms with Crippen molar-refractivity contribution in [2.24, 2.45) is 0 Å². The van der Waals surface area contributed by atoms with E-state index in [-0.39, 0.29) is 11.5 Å². The average Bonchev–Trinajstić information content (AvgIpc) is 3.12. The van der Waals surface area contributed by atoms with Crippen molar-refractivity contribution in [2.45, 2.75) is 32.9 Å². The number of carbonyl (C=O) groups is 2. The van der Waals surface area contributed by atoms with Crippen LogP contribution < -0.4 is 5.32 Å². The topological polar surface area (TPSA) is 107 Å². The summed E-state index contributed by atoms with van der Waals surface area (Å²) in [6, 6.07) is 9.33. The van der Waals surface area contributed by atoms with Crippen LogP contribution in [0.3, 0.4) is 0 Å². The zero-order chi connectivity index (χ0) is 20.3. The molecule has 2 aromatic rings. The molecule has 0 radical (unpaired) electrons. The lowest BCUT2D eigenvalue weighted by molar-refractivity contribution is -0.124. The summed E-state index contributed by atoms with van der Waals surface area (Å²) in [5, 5.41) is 6.99. The van der Waals surface area contributed by atoms with Gasteiger partial charge < -0.3 is 10.1 Å². The van der Waals surface area contributed by atoms with Crippen molar-refractivity contribution in [3.8, 4) is 0 Å². The molecular weight excluding hydrogens is 382 g/mol. The number of hydrogen-bond acceptors (Lipinski definition) is 6. The number of sulfone groups is 1. The lowest BCUT2D eigenvalue weighted by Crippen LogP contribution is -2.38. The zero-order valence-corrected chi connectivity index (χ0v) is 16.7. The van der Waals surface area contributed by atoms with Gasteiger partial charge in [0.2, 0.25) is 0 Å². The molecule has 1 unspecified atom stereocenters. The van der Waals surface area contributed by atoms with Crippen LogP contribution in [0.2, 0.25) is 0 Å². The first-order valence-electron chi connectivity index (χ1n) is 9.00. The van der Waals surface area contributed by atoms with Crippen molar-refractivity contribution in [2.75, 3.05) is 18.1 Å². The highest BCUT2D eigenvalue weighted by atomic mass is 32.2. The molecule has 0 spiro atoms. The molecule has 1 aromatic heterocycles. The molecule has 1 fully saturated rings. The van der Waals surface area contributed by atoms with E-state index in [1.54, 1.807) is 18.5 Å². The maximum absolute atomic E-state index is 12.4. The average molecular weight is 405 g/mol. The maximum Gasteiger partial charge on any atom is 0.342 e. The number of nitrogens with one attached hydrogen (secondary N) is 1. The monoisotopic (exact) mass is 405 g/mol. The third kappa shape index (κ3) is 4.78. The second kappa shape index (κ2) is 8.14. The number of hydrogen-bond donors (Lipinski definition) is 1. The Bertz CT molecular complexity index is 982. The van der Waals surface area contributed by atoms with E-state index in [1.165, 1.54) is 0 Å². The summed E-state index contributed by atoms with van der Waals surface area (Å²) in [4.78, 5) is 24.4. The predicted octanol–water partition coefficient (Wildman–Crippen LogP) is 1.01. The minimum Gasteiger partial charge on any atom is -0.452 e. The largest absolute Gasteiger partial charge is 0.452 e. The Hall–Kier alpha value is -2.68. The van der Waals surface area contributed by atoms with E-state index in [9.17, 15) is 18.0 Å². The van der Waals surface area contributed by atoms with E-state index in [2.05, 4.69) is 10.4 Å². The molecule has 9 heteroatoms. The van der Waals surface area contributed by atoms with Gasteiger partial charge in [-0.2, -0.15) is 5.10 Å². The molecule has 3 rings (SSSR count). The number of rotatable bonds is 6. The quantitative estimate of drug-likeness (QED) is 0.719. The Labute approximate surface area is 163 Å². The third-order valence-corrected chi connectivity index (χ3v) is 6.46. The van der Waals surface area contributed by atoms with Gasteiger partial charge in [-0.3, -0.25) is 9.48 Å². The summed E-state index contributed by atoms with van der Waals surface area (Å²) in [6.45, 7) is 3.56. The van der Waals surface area contributed by atoms with Crippen LogP contribution in [-0.2, 0) is 25.9 Å². The minimum atomic E-state index is -3.08. The molecule has 1 aliphatic heterocycles. The summed E-state index contributed by atoms with van der Waals surface area (Å²) in [7, 11) is -3.08. The summed E-state index contributed by atoms with van der Waals surface area (Å²) < 4.78 is 29.7. The van der Waals surface area contributed by atoms with E-state index in [0.29, 0.717) is 29.9 Å². The number of carbonyl (C=O) groups excluding carboxylic acids is 2. The fourth-order valence-corrected chi connectivity index (χ4v) is 4.96. The van der Waals surface area contributed by atoms with Crippen LogP contribution in [0.1, 0.15) is 33.7 Å². The van der Waals surface area contributed by atoms with Crippen molar-refractivity contribution in [1.82, 2.24) is 15.1 Å². The van der Waals surface area contributed by atoms with Crippen molar-refractivity contribution in [3.63, 3.8) is 0 Å². The number of amides is 1. The maximum atomic E-state index is 12.4. The van der Waals surface area contributed by atoms with Gasteiger partial charge in [0, 0.05) is 6.04 Å². The van der Waals surface area contributed by atoms with Crippen molar-refractivity contribution >= 4 is 21.7 Å². The van der Waals surface area contributed by atoms with Gasteiger partial charge in [0.05, 0.1) is 29.4 Å². The second-order valence-corrected chi connectivity index (χ2v) is 9.16. The van der Waals surface area contributed by atoms with Gasteiger partial charge in [0.15, 0.2) is 16.4 Å². The molecule has 1 saturated heterocycles. The van der Waals surface area contributed by atoms with Crippen LogP contribution in [0, 0.1) is 13.8 Å². The Morgan fingerprint density at radius 1 is 1.25 bits per heavy atom. The number of esters is 1. The fourth-order valence-electron chi connectivity index (χ4n) is 3.28. The molecule has 1 atom stereocenters. The lowest BCUT2D eigenvalue weighted by Gasteiger charge is -2.11. The second-order valence-electron chi connectivity index (χ2n) is 6.93. The van der Waals surface area contributed by atoms with Gasteiger partial charge in [-0.1, -0.05) is 30.3 Å². The summed E-state index contributed by atoms with van der Waals surface area (Å²) in [6.07, 6.45) is 0.381. The molecular formula is C19H23N3O5S. The standard InChI is InChI=1S/C19H23N3O5S/c1-13-18(14(2)22(21-13)10-15-6-4-3-5-7-15)19(24)27-11-17(23)20-16-8-9-28(25,26)12-16/h3-7,16H,8-12H2,1-2H3,(H,20,23). The van der Waals surface area contributed by atoms with Crippen molar-refractivity contribution < 1.29 is 22.7 Å². The van der Waals surface area contributed by atoms with Crippen LogP contribution >= 0.6 is 0 Å². The third-order valence-electron chi connectivity index (χ3n) is 4.69. The molecule has 8 nitrogen and oxygen atoms in total. The lowest BCUT2D eigenvalue weighted by atomic mass is 10.2. The van der Waals surface area contributed by atoms with Crippen LogP contribution in [0.4, 0.5) is 0 Å². The van der Waals surface area contributed by atoms with E-state index in [4.69, 9.17) is 4.74 Å². The van der Waals surface area contributed by atoms with E-state index < -0.39 is 34.4 Å². The first-order chi connectivity index (χ1) is 13.2. The molecule has 28 heavy (non-hydrogen) atoms. The molecule has 0 bridgehead atoms. The molecule has 1 N–H and O–H groups in total. The van der Waals surface area contributed by atoms with Crippen LogP contribution in [0.25, 0.3) is 0 Å². The van der Waals surface area contributed by atoms with Crippen LogP contribution in [0.5, 0.6) is 0 Å². The van der Waals surface area contributed by atoms with Crippen molar-refractivity contribution in [3.05, 3.63) is 52.8 Å². The molecule has 1 aliphatic rings. The Kier molecular flexibility index (Phi) is 5.83. The molecule has 1 aromatic carbocycles. The first-order valence-corrected chi connectivity index (χ1v) is 10.8. The van der Waals surface area contributed by atoms with E-state index in [1.807, 2.05) is 30.3 Å². The zero-order valence-electron chi connectivity index (χ0n) is 15.8. The smallest absolute Gasteiger partial charge is 0.342 e. The normalized spacial score (nSPS) is 18.0. The molecule has 0 saturated carbocycles.